The fourth-order valence-corrected chi connectivity index (χ4v) is 2.64. The summed E-state index contributed by atoms with van der Waals surface area (Å²) < 4.78 is 0. The van der Waals surface area contributed by atoms with Crippen LogP contribution in [0.3, 0.4) is 0 Å². The van der Waals surface area contributed by atoms with Gasteiger partial charge in [-0.2, -0.15) is 15.0 Å². The molecule has 1 aromatic heterocycles. The van der Waals surface area contributed by atoms with E-state index in [2.05, 4.69) is 29.4 Å². The van der Waals surface area contributed by atoms with Crippen molar-refractivity contribution in [2.45, 2.75) is 32.5 Å². The number of benzene rings is 2. The minimum Gasteiger partial charge on any atom is -0.387 e. The lowest BCUT2D eigenvalue weighted by Crippen LogP contribution is -2.21. The summed E-state index contributed by atoms with van der Waals surface area (Å²) in [5.41, 5.74) is 3.73. The lowest BCUT2D eigenvalue weighted by molar-refractivity contribution is 0.174. The number of nitrogens with one attached hydrogen (secondary N) is 1. The van der Waals surface area contributed by atoms with Gasteiger partial charge in [-0.05, 0) is 19.4 Å². The highest BCUT2D eigenvalue weighted by molar-refractivity contribution is 5.60. The average Bonchev–Trinajstić information content (AvgIpc) is 3.07. The van der Waals surface area contributed by atoms with Crippen LogP contribution in [-0.4, -0.2) is 26.6 Å². The molecule has 5 nitrogen and oxygen atoms in total. The quantitative estimate of drug-likeness (QED) is 0.694. The van der Waals surface area contributed by atoms with E-state index < -0.39 is 6.10 Å². The maximum atomic E-state index is 10.3. The Morgan fingerprint density at radius 1 is 0.960 bits per heavy atom. The highest BCUT2D eigenvalue weighted by atomic mass is 16.3. The van der Waals surface area contributed by atoms with E-state index >= 15 is 0 Å². The first-order chi connectivity index (χ1) is 12.1. The van der Waals surface area contributed by atoms with Crippen molar-refractivity contribution in [2.75, 3.05) is 6.54 Å². The normalized spacial score (nSPS) is 12.5. The summed E-state index contributed by atoms with van der Waals surface area (Å²) in [6.07, 6.45) is -0.540. The van der Waals surface area contributed by atoms with Crippen molar-refractivity contribution in [1.82, 2.24) is 20.3 Å². The highest BCUT2D eigenvalue weighted by Crippen LogP contribution is 2.21. The van der Waals surface area contributed by atoms with Gasteiger partial charge in [0.1, 0.15) is 11.4 Å². The van der Waals surface area contributed by atoms with Crippen LogP contribution >= 0.6 is 0 Å². The first kappa shape index (κ1) is 17.3. The van der Waals surface area contributed by atoms with Crippen LogP contribution in [0.1, 0.15) is 37.3 Å². The standard InChI is InChI=1S/C20H24N4O/c1-15(2)24-22-18(20(23-24)17-11-7-4-8-12-17)13-21-14-19(25)16-9-5-3-6-10-16/h3-12,15,19,21,25H,13-14H2,1-2H3/t19-/m0/s1. The van der Waals surface area contributed by atoms with E-state index in [-0.39, 0.29) is 6.04 Å². The number of aliphatic hydroxyl groups excluding tert-OH is 1. The predicted octanol–water partition coefficient (Wildman–Crippen LogP) is 3.35. The molecule has 0 unspecified atom stereocenters. The Bertz CT molecular complexity index is 784. The van der Waals surface area contributed by atoms with Crippen molar-refractivity contribution in [1.29, 1.82) is 0 Å². The first-order valence-electron chi connectivity index (χ1n) is 8.60. The molecule has 0 fully saturated rings. The molecule has 0 bridgehead atoms. The molecule has 2 N–H and O–H groups in total. The zero-order chi connectivity index (χ0) is 17.6. The predicted molar refractivity (Wildman–Crippen MR) is 99.0 cm³/mol. The molecule has 0 saturated carbocycles. The van der Waals surface area contributed by atoms with Crippen molar-refractivity contribution >= 4 is 0 Å². The third-order valence-electron chi connectivity index (χ3n) is 4.02. The summed E-state index contributed by atoms with van der Waals surface area (Å²) in [4.78, 5) is 1.74. The van der Waals surface area contributed by atoms with Gasteiger partial charge < -0.3 is 10.4 Å². The second-order valence-corrected chi connectivity index (χ2v) is 6.33. The Hall–Kier alpha value is -2.50. The molecule has 0 saturated heterocycles. The zero-order valence-corrected chi connectivity index (χ0v) is 14.6. The van der Waals surface area contributed by atoms with Gasteiger partial charge in [0.2, 0.25) is 0 Å². The summed E-state index contributed by atoms with van der Waals surface area (Å²) >= 11 is 0. The Kier molecular flexibility index (Phi) is 5.58. The second-order valence-electron chi connectivity index (χ2n) is 6.33. The third-order valence-corrected chi connectivity index (χ3v) is 4.02. The first-order valence-corrected chi connectivity index (χ1v) is 8.60. The van der Waals surface area contributed by atoms with Crippen LogP contribution in [0.25, 0.3) is 11.3 Å². The third kappa shape index (κ3) is 4.32. The number of aromatic nitrogens is 3. The van der Waals surface area contributed by atoms with Gasteiger partial charge in [0.15, 0.2) is 0 Å². The topological polar surface area (TPSA) is 63.0 Å². The van der Waals surface area contributed by atoms with Crippen molar-refractivity contribution < 1.29 is 5.11 Å². The molecular weight excluding hydrogens is 312 g/mol. The molecule has 1 atom stereocenters. The number of hydrogen-bond donors (Lipinski definition) is 2. The smallest absolute Gasteiger partial charge is 0.117 e. The minimum atomic E-state index is -0.540. The van der Waals surface area contributed by atoms with Gasteiger partial charge in [-0.3, -0.25) is 0 Å². The fourth-order valence-electron chi connectivity index (χ4n) is 2.64. The summed E-state index contributed by atoms with van der Waals surface area (Å²) in [6, 6.07) is 19.9. The molecule has 130 valence electrons. The number of rotatable bonds is 7. The monoisotopic (exact) mass is 336 g/mol. The van der Waals surface area contributed by atoms with Crippen molar-refractivity contribution in [2.24, 2.45) is 0 Å². The Morgan fingerprint density at radius 3 is 2.24 bits per heavy atom. The van der Waals surface area contributed by atoms with E-state index in [0.29, 0.717) is 13.1 Å². The molecule has 3 rings (SSSR count). The molecule has 25 heavy (non-hydrogen) atoms. The summed E-state index contributed by atoms with van der Waals surface area (Å²) in [5.74, 6) is 0. The SMILES string of the molecule is CC(C)n1nc(CNC[C@H](O)c2ccccc2)c(-c2ccccc2)n1. The molecule has 0 aliphatic carbocycles. The van der Waals surface area contributed by atoms with Crippen molar-refractivity contribution in [3.05, 3.63) is 71.9 Å². The van der Waals surface area contributed by atoms with E-state index in [1.54, 1.807) is 4.80 Å². The van der Waals surface area contributed by atoms with Gasteiger partial charge >= 0.3 is 0 Å². The molecular formula is C20H24N4O. The Labute approximate surface area is 148 Å². The maximum Gasteiger partial charge on any atom is 0.117 e. The van der Waals surface area contributed by atoms with Gasteiger partial charge in [0.25, 0.3) is 0 Å². The molecule has 0 amide bonds. The summed E-state index contributed by atoms with van der Waals surface area (Å²) in [6.45, 7) is 5.14. The van der Waals surface area contributed by atoms with E-state index in [1.165, 1.54) is 0 Å². The summed E-state index contributed by atoms with van der Waals surface area (Å²) in [5, 5.41) is 22.8. The van der Waals surface area contributed by atoms with Crippen molar-refractivity contribution in [3.63, 3.8) is 0 Å². The molecule has 2 aromatic carbocycles. The van der Waals surface area contributed by atoms with Gasteiger partial charge in [0.05, 0.1) is 12.1 Å². The molecule has 0 aliphatic heterocycles. The molecule has 0 radical (unpaired) electrons. The molecule has 0 spiro atoms. The number of nitrogens with zero attached hydrogens (tertiary/aromatic N) is 3. The van der Waals surface area contributed by atoms with Gasteiger partial charge in [-0.15, -0.1) is 0 Å². The van der Waals surface area contributed by atoms with Crippen LogP contribution in [0.15, 0.2) is 60.7 Å². The van der Waals surface area contributed by atoms with Crippen molar-refractivity contribution in [3.8, 4) is 11.3 Å². The van der Waals surface area contributed by atoms with Crippen LogP contribution < -0.4 is 5.32 Å². The lowest BCUT2D eigenvalue weighted by atomic mass is 10.1. The van der Waals surface area contributed by atoms with Crippen LogP contribution in [-0.2, 0) is 6.54 Å². The van der Waals surface area contributed by atoms with Crippen LogP contribution in [0.2, 0.25) is 0 Å². The van der Waals surface area contributed by atoms with Crippen LogP contribution in [0, 0.1) is 0 Å². The van der Waals surface area contributed by atoms with E-state index in [0.717, 1.165) is 22.5 Å². The Balaban J connectivity index is 1.71. The minimum absolute atomic E-state index is 0.200. The average molecular weight is 336 g/mol. The molecule has 1 heterocycles. The lowest BCUT2D eigenvalue weighted by Gasteiger charge is -2.11. The van der Waals surface area contributed by atoms with Crippen LogP contribution in [0.4, 0.5) is 0 Å². The number of aliphatic hydroxyl groups is 1. The molecule has 5 heteroatoms. The van der Waals surface area contributed by atoms with Gasteiger partial charge in [0, 0.05) is 18.7 Å². The molecule has 0 aliphatic rings. The second kappa shape index (κ2) is 8.05. The summed E-state index contributed by atoms with van der Waals surface area (Å²) in [7, 11) is 0. The van der Waals surface area contributed by atoms with E-state index in [9.17, 15) is 5.11 Å². The zero-order valence-electron chi connectivity index (χ0n) is 14.6. The van der Waals surface area contributed by atoms with Crippen LogP contribution in [0.5, 0.6) is 0 Å². The Morgan fingerprint density at radius 2 is 1.60 bits per heavy atom. The largest absolute Gasteiger partial charge is 0.387 e. The van der Waals surface area contributed by atoms with Gasteiger partial charge in [-0.1, -0.05) is 60.7 Å². The maximum absolute atomic E-state index is 10.3. The number of hydrogen-bond acceptors (Lipinski definition) is 4. The fraction of sp³-hybridized carbons (Fsp3) is 0.300. The van der Waals surface area contributed by atoms with Gasteiger partial charge in [-0.25, -0.2) is 0 Å². The van der Waals surface area contributed by atoms with E-state index in [4.69, 9.17) is 0 Å². The van der Waals surface area contributed by atoms with E-state index in [1.807, 2.05) is 60.7 Å². The highest BCUT2D eigenvalue weighted by Gasteiger charge is 2.15. The molecule has 3 aromatic rings.